The molecule has 0 fully saturated rings. The van der Waals surface area contributed by atoms with Crippen molar-refractivity contribution in [2.45, 2.75) is 6.10 Å². The molecular weight excluding hydrogens is 292 g/mol. The third kappa shape index (κ3) is 4.68. The molecule has 0 spiro atoms. The van der Waals surface area contributed by atoms with E-state index in [9.17, 15) is 18.3 Å². The average Bonchev–Trinajstić information content (AvgIpc) is 2.33. The quantitative estimate of drug-likeness (QED) is 0.601. The predicted octanol–water partition coefficient (Wildman–Crippen LogP) is 0.0209. The fourth-order valence-electron chi connectivity index (χ4n) is 1.46. The standard InChI is InChI=1S/C11H14O8S/c1-18-9-4-2-3-8(11(13)14)10(9)19-5-7(12)6-20(15,16)17/h2-4,7,12H,5-6H2,1H3,(H,13,14)(H,15,16,17). The molecule has 1 rings (SSSR count). The first kappa shape index (κ1) is 16.2. The van der Waals surface area contributed by atoms with Crippen LogP contribution >= 0.6 is 0 Å². The van der Waals surface area contributed by atoms with Crippen LogP contribution in [0.15, 0.2) is 18.2 Å². The molecule has 112 valence electrons. The van der Waals surface area contributed by atoms with Gasteiger partial charge in [0.05, 0.1) is 7.11 Å². The first-order valence-electron chi connectivity index (χ1n) is 5.41. The number of carboxylic acids is 1. The van der Waals surface area contributed by atoms with Crippen LogP contribution in [0.2, 0.25) is 0 Å². The lowest BCUT2D eigenvalue weighted by Crippen LogP contribution is -2.27. The highest BCUT2D eigenvalue weighted by Gasteiger charge is 2.19. The van der Waals surface area contributed by atoms with E-state index < -0.39 is 34.6 Å². The summed E-state index contributed by atoms with van der Waals surface area (Å²) in [6.45, 7) is -0.513. The molecule has 8 nitrogen and oxygen atoms in total. The molecule has 0 bridgehead atoms. The normalized spacial score (nSPS) is 12.8. The van der Waals surface area contributed by atoms with E-state index in [2.05, 4.69) is 0 Å². The van der Waals surface area contributed by atoms with Crippen LogP contribution in [0.5, 0.6) is 11.5 Å². The van der Waals surface area contributed by atoms with Gasteiger partial charge in [0.15, 0.2) is 11.5 Å². The summed E-state index contributed by atoms with van der Waals surface area (Å²) in [4.78, 5) is 11.0. The Morgan fingerprint density at radius 1 is 1.40 bits per heavy atom. The fourth-order valence-corrected chi connectivity index (χ4v) is 2.05. The number of para-hydroxylation sites is 1. The number of hydrogen-bond acceptors (Lipinski definition) is 6. The van der Waals surface area contributed by atoms with Crippen molar-refractivity contribution in [3.8, 4) is 11.5 Å². The van der Waals surface area contributed by atoms with Crippen LogP contribution in [0.3, 0.4) is 0 Å². The Bertz CT molecular complexity index is 580. The highest BCUT2D eigenvalue weighted by Crippen LogP contribution is 2.31. The lowest BCUT2D eigenvalue weighted by Gasteiger charge is -2.15. The Balaban J connectivity index is 2.88. The highest BCUT2D eigenvalue weighted by molar-refractivity contribution is 7.85. The van der Waals surface area contributed by atoms with Crippen LogP contribution in [0, 0.1) is 0 Å². The Morgan fingerprint density at radius 3 is 2.55 bits per heavy atom. The second-order valence-electron chi connectivity index (χ2n) is 3.86. The van der Waals surface area contributed by atoms with Gasteiger partial charge in [-0.25, -0.2) is 4.79 Å². The van der Waals surface area contributed by atoms with Gasteiger partial charge in [0.1, 0.15) is 24.0 Å². The maximum Gasteiger partial charge on any atom is 0.339 e. The van der Waals surface area contributed by atoms with E-state index in [1.165, 1.54) is 25.3 Å². The summed E-state index contributed by atoms with van der Waals surface area (Å²) in [5.41, 5.74) is -0.191. The largest absolute Gasteiger partial charge is 0.493 e. The number of rotatable bonds is 7. The minimum atomic E-state index is -4.35. The Labute approximate surface area is 115 Å². The number of methoxy groups -OCH3 is 1. The van der Waals surface area contributed by atoms with Crippen LogP contribution < -0.4 is 9.47 Å². The van der Waals surface area contributed by atoms with E-state index in [1.807, 2.05) is 0 Å². The molecule has 0 aliphatic rings. The Hall–Kier alpha value is -1.84. The molecule has 0 saturated carbocycles. The third-order valence-corrected chi connectivity index (χ3v) is 3.06. The van der Waals surface area contributed by atoms with Crippen molar-refractivity contribution < 1.29 is 37.5 Å². The smallest absolute Gasteiger partial charge is 0.339 e. The van der Waals surface area contributed by atoms with Gasteiger partial charge in [0.2, 0.25) is 0 Å². The zero-order chi connectivity index (χ0) is 15.3. The summed E-state index contributed by atoms with van der Waals surface area (Å²) in [6, 6.07) is 4.18. The van der Waals surface area contributed by atoms with Crippen LogP contribution in [-0.4, -0.2) is 54.7 Å². The van der Waals surface area contributed by atoms with E-state index in [0.29, 0.717) is 0 Å². The summed E-state index contributed by atoms with van der Waals surface area (Å²) in [7, 11) is -3.04. The summed E-state index contributed by atoms with van der Waals surface area (Å²) in [6.07, 6.45) is -1.50. The molecule has 9 heteroatoms. The maximum absolute atomic E-state index is 11.0. The molecule has 0 aromatic heterocycles. The molecule has 1 atom stereocenters. The van der Waals surface area contributed by atoms with E-state index in [0.717, 1.165) is 0 Å². The zero-order valence-corrected chi connectivity index (χ0v) is 11.3. The van der Waals surface area contributed by atoms with Crippen LogP contribution in [-0.2, 0) is 10.1 Å². The van der Waals surface area contributed by atoms with Crippen molar-refractivity contribution in [3.05, 3.63) is 23.8 Å². The van der Waals surface area contributed by atoms with E-state index >= 15 is 0 Å². The number of aliphatic hydroxyl groups excluding tert-OH is 1. The number of ether oxygens (including phenoxy) is 2. The SMILES string of the molecule is COc1cccc(C(=O)O)c1OCC(O)CS(=O)(=O)O. The van der Waals surface area contributed by atoms with Crippen molar-refractivity contribution in [1.29, 1.82) is 0 Å². The van der Waals surface area contributed by atoms with Gasteiger partial charge in [-0.1, -0.05) is 6.07 Å². The van der Waals surface area contributed by atoms with Crippen molar-refractivity contribution in [1.82, 2.24) is 0 Å². The molecule has 1 aromatic carbocycles. The molecule has 0 amide bonds. The van der Waals surface area contributed by atoms with Crippen molar-refractivity contribution in [2.24, 2.45) is 0 Å². The minimum Gasteiger partial charge on any atom is -0.493 e. The lowest BCUT2D eigenvalue weighted by atomic mass is 10.2. The van der Waals surface area contributed by atoms with Gasteiger partial charge in [0.25, 0.3) is 10.1 Å². The summed E-state index contributed by atoms with van der Waals surface area (Å²) in [5, 5.41) is 18.4. The van der Waals surface area contributed by atoms with Gasteiger partial charge >= 0.3 is 5.97 Å². The van der Waals surface area contributed by atoms with Crippen LogP contribution in [0.4, 0.5) is 0 Å². The second-order valence-corrected chi connectivity index (χ2v) is 5.35. The topological polar surface area (TPSA) is 130 Å². The number of aromatic carboxylic acids is 1. The van der Waals surface area contributed by atoms with Gasteiger partial charge in [-0.2, -0.15) is 8.42 Å². The van der Waals surface area contributed by atoms with Gasteiger partial charge in [0, 0.05) is 0 Å². The van der Waals surface area contributed by atoms with Crippen LogP contribution in [0.1, 0.15) is 10.4 Å². The van der Waals surface area contributed by atoms with E-state index in [-0.39, 0.29) is 17.1 Å². The molecule has 0 radical (unpaired) electrons. The molecule has 3 N–H and O–H groups in total. The molecule has 20 heavy (non-hydrogen) atoms. The molecule has 0 heterocycles. The molecular formula is C11H14O8S. The zero-order valence-electron chi connectivity index (χ0n) is 10.5. The molecule has 0 saturated heterocycles. The average molecular weight is 306 g/mol. The van der Waals surface area contributed by atoms with Gasteiger partial charge in [-0.3, -0.25) is 4.55 Å². The third-order valence-electron chi connectivity index (χ3n) is 2.25. The minimum absolute atomic E-state index is 0.128. The Morgan fingerprint density at radius 2 is 2.05 bits per heavy atom. The maximum atomic E-state index is 11.0. The Kier molecular flexibility index (Phi) is 5.31. The fraction of sp³-hybridized carbons (Fsp3) is 0.364. The van der Waals surface area contributed by atoms with E-state index in [1.54, 1.807) is 0 Å². The summed E-state index contributed by atoms with van der Waals surface area (Å²) in [5.74, 6) is -2.17. The lowest BCUT2D eigenvalue weighted by molar-refractivity contribution is 0.0684. The molecule has 0 aliphatic heterocycles. The molecule has 1 unspecified atom stereocenters. The predicted molar refractivity (Wildman–Crippen MR) is 67.9 cm³/mol. The highest BCUT2D eigenvalue weighted by atomic mass is 32.2. The summed E-state index contributed by atoms with van der Waals surface area (Å²) < 4.78 is 39.7. The number of hydrogen-bond donors (Lipinski definition) is 3. The number of carboxylic acid groups (broad SMARTS) is 1. The number of carbonyl (C=O) groups is 1. The first-order chi connectivity index (χ1) is 9.24. The van der Waals surface area contributed by atoms with Gasteiger partial charge in [-0.15, -0.1) is 0 Å². The molecule has 0 aliphatic carbocycles. The number of benzene rings is 1. The van der Waals surface area contributed by atoms with Crippen molar-refractivity contribution in [2.75, 3.05) is 19.5 Å². The molecule has 1 aromatic rings. The van der Waals surface area contributed by atoms with Crippen LogP contribution in [0.25, 0.3) is 0 Å². The van der Waals surface area contributed by atoms with Gasteiger partial charge < -0.3 is 19.7 Å². The first-order valence-corrected chi connectivity index (χ1v) is 7.02. The van der Waals surface area contributed by atoms with Gasteiger partial charge in [-0.05, 0) is 12.1 Å². The monoisotopic (exact) mass is 306 g/mol. The second kappa shape index (κ2) is 6.55. The van der Waals surface area contributed by atoms with Crippen molar-refractivity contribution >= 4 is 16.1 Å². The van der Waals surface area contributed by atoms with Crippen molar-refractivity contribution in [3.63, 3.8) is 0 Å². The summed E-state index contributed by atoms with van der Waals surface area (Å²) >= 11 is 0. The number of aliphatic hydroxyl groups is 1. The van der Waals surface area contributed by atoms with E-state index in [4.69, 9.17) is 19.1 Å².